The van der Waals surface area contributed by atoms with Crippen LogP contribution in [0.15, 0.2) is 22.6 Å². The summed E-state index contributed by atoms with van der Waals surface area (Å²) in [6.45, 7) is 4.69. The van der Waals surface area contributed by atoms with Crippen molar-refractivity contribution in [3.05, 3.63) is 18.2 Å². The Balaban J connectivity index is 2.12. The lowest BCUT2D eigenvalue weighted by Crippen LogP contribution is -2.00. The van der Waals surface area contributed by atoms with Gasteiger partial charge in [0, 0.05) is 6.54 Å². The fourth-order valence-electron chi connectivity index (χ4n) is 1.12. The van der Waals surface area contributed by atoms with Crippen LogP contribution in [0.25, 0.3) is 0 Å². The summed E-state index contributed by atoms with van der Waals surface area (Å²) in [7, 11) is 0. The van der Waals surface area contributed by atoms with Gasteiger partial charge < -0.3 is 5.32 Å². The summed E-state index contributed by atoms with van der Waals surface area (Å²) in [5.41, 5.74) is 0. The second-order valence-electron chi connectivity index (χ2n) is 3.08. The van der Waals surface area contributed by atoms with Crippen molar-refractivity contribution >= 4 is 17.6 Å². The number of anilines is 1. The first-order chi connectivity index (χ1) is 7.78. The third-order valence-electron chi connectivity index (χ3n) is 1.74. The van der Waals surface area contributed by atoms with Gasteiger partial charge in [0.1, 0.15) is 16.7 Å². The van der Waals surface area contributed by atoms with Crippen molar-refractivity contribution in [1.29, 1.82) is 0 Å². The molecule has 0 atom stereocenters. The number of rotatable bonds is 4. The average Bonchev–Trinajstić information content (AvgIpc) is 2.65. The van der Waals surface area contributed by atoms with Gasteiger partial charge in [-0.2, -0.15) is 0 Å². The summed E-state index contributed by atoms with van der Waals surface area (Å²) in [6.07, 6.45) is 3.38. The SMILES string of the molecule is CCNc1cncc(Sc2n[nH]c(C)n2)n1. The Morgan fingerprint density at radius 3 is 2.94 bits per heavy atom. The number of H-pyrrole nitrogens is 1. The van der Waals surface area contributed by atoms with Crippen LogP contribution in [0, 0.1) is 6.92 Å². The monoisotopic (exact) mass is 236 g/mol. The molecule has 0 spiro atoms. The Kier molecular flexibility index (Phi) is 3.35. The quantitative estimate of drug-likeness (QED) is 0.837. The van der Waals surface area contributed by atoms with E-state index in [1.54, 1.807) is 12.4 Å². The fourth-order valence-corrected chi connectivity index (χ4v) is 1.84. The van der Waals surface area contributed by atoms with Gasteiger partial charge in [0.05, 0.1) is 12.4 Å². The number of hydrogen-bond donors (Lipinski definition) is 2. The Labute approximate surface area is 97.3 Å². The molecular weight excluding hydrogens is 224 g/mol. The minimum absolute atomic E-state index is 0.653. The molecule has 0 saturated carbocycles. The molecule has 2 aromatic rings. The predicted molar refractivity (Wildman–Crippen MR) is 61.4 cm³/mol. The molecule has 2 aromatic heterocycles. The fraction of sp³-hybridized carbons (Fsp3) is 0.333. The van der Waals surface area contributed by atoms with Crippen molar-refractivity contribution in [3.8, 4) is 0 Å². The zero-order valence-corrected chi connectivity index (χ0v) is 9.88. The Hall–Kier alpha value is -1.63. The molecule has 7 heteroatoms. The van der Waals surface area contributed by atoms with Gasteiger partial charge in [-0.05, 0) is 25.6 Å². The van der Waals surface area contributed by atoms with E-state index < -0.39 is 0 Å². The van der Waals surface area contributed by atoms with Gasteiger partial charge in [-0.15, -0.1) is 5.10 Å². The highest BCUT2D eigenvalue weighted by Crippen LogP contribution is 2.22. The van der Waals surface area contributed by atoms with Gasteiger partial charge in [-0.1, -0.05) is 0 Å². The smallest absolute Gasteiger partial charge is 0.214 e. The normalized spacial score (nSPS) is 10.4. The molecule has 0 bridgehead atoms. The van der Waals surface area contributed by atoms with E-state index in [0.29, 0.717) is 5.16 Å². The van der Waals surface area contributed by atoms with Crippen LogP contribution in [0.1, 0.15) is 12.7 Å². The van der Waals surface area contributed by atoms with E-state index in [0.717, 1.165) is 23.2 Å². The lowest BCUT2D eigenvalue weighted by Gasteiger charge is -2.02. The van der Waals surface area contributed by atoms with E-state index in [2.05, 4.69) is 30.5 Å². The molecule has 16 heavy (non-hydrogen) atoms. The highest BCUT2D eigenvalue weighted by molar-refractivity contribution is 7.99. The highest BCUT2D eigenvalue weighted by Gasteiger charge is 2.05. The highest BCUT2D eigenvalue weighted by atomic mass is 32.2. The van der Waals surface area contributed by atoms with Crippen LogP contribution in [-0.2, 0) is 0 Å². The van der Waals surface area contributed by atoms with E-state index in [1.165, 1.54) is 11.8 Å². The first-order valence-electron chi connectivity index (χ1n) is 4.90. The van der Waals surface area contributed by atoms with Crippen molar-refractivity contribution in [3.63, 3.8) is 0 Å². The van der Waals surface area contributed by atoms with Crippen molar-refractivity contribution in [2.75, 3.05) is 11.9 Å². The molecule has 0 aliphatic heterocycles. The molecule has 0 radical (unpaired) electrons. The van der Waals surface area contributed by atoms with Crippen molar-refractivity contribution < 1.29 is 0 Å². The summed E-state index contributed by atoms with van der Waals surface area (Å²) in [5.74, 6) is 1.55. The summed E-state index contributed by atoms with van der Waals surface area (Å²) < 4.78 is 0. The zero-order chi connectivity index (χ0) is 11.4. The van der Waals surface area contributed by atoms with E-state index in [-0.39, 0.29) is 0 Å². The Morgan fingerprint density at radius 1 is 1.38 bits per heavy atom. The van der Waals surface area contributed by atoms with Gasteiger partial charge in [-0.25, -0.2) is 9.97 Å². The summed E-state index contributed by atoms with van der Waals surface area (Å²) in [4.78, 5) is 12.6. The van der Waals surface area contributed by atoms with Gasteiger partial charge in [-0.3, -0.25) is 10.1 Å². The molecule has 2 N–H and O–H groups in total. The standard InChI is InChI=1S/C9H12N6S/c1-3-11-7-4-10-5-8(13-7)16-9-12-6(2)14-15-9/h4-5H,3H2,1-2H3,(H,11,13)(H,12,14,15). The van der Waals surface area contributed by atoms with Gasteiger partial charge in [0.25, 0.3) is 0 Å². The van der Waals surface area contributed by atoms with Crippen LogP contribution in [0.2, 0.25) is 0 Å². The molecule has 0 aliphatic carbocycles. The number of aromatic amines is 1. The number of nitrogens with one attached hydrogen (secondary N) is 2. The third kappa shape index (κ3) is 2.69. The molecule has 0 saturated heterocycles. The van der Waals surface area contributed by atoms with Gasteiger partial charge in [0.15, 0.2) is 0 Å². The minimum atomic E-state index is 0.653. The number of nitrogens with zero attached hydrogens (tertiary/aromatic N) is 4. The molecule has 0 aliphatic rings. The second-order valence-corrected chi connectivity index (χ2v) is 4.07. The van der Waals surface area contributed by atoms with Gasteiger partial charge in [0.2, 0.25) is 5.16 Å². The average molecular weight is 236 g/mol. The number of aromatic nitrogens is 5. The third-order valence-corrected chi connectivity index (χ3v) is 2.51. The molecule has 0 amide bonds. The van der Waals surface area contributed by atoms with Crippen molar-refractivity contribution in [1.82, 2.24) is 25.1 Å². The Bertz CT molecular complexity index is 469. The summed E-state index contributed by atoms with van der Waals surface area (Å²) in [6, 6.07) is 0. The topological polar surface area (TPSA) is 79.4 Å². The van der Waals surface area contributed by atoms with E-state index in [4.69, 9.17) is 0 Å². The molecule has 0 fully saturated rings. The van der Waals surface area contributed by atoms with Crippen LogP contribution in [0.4, 0.5) is 5.82 Å². The van der Waals surface area contributed by atoms with Crippen LogP contribution >= 0.6 is 11.8 Å². The maximum absolute atomic E-state index is 4.36. The molecule has 6 nitrogen and oxygen atoms in total. The first-order valence-corrected chi connectivity index (χ1v) is 5.72. The van der Waals surface area contributed by atoms with Crippen LogP contribution < -0.4 is 5.32 Å². The molecule has 84 valence electrons. The molecule has 0 aromatic carbocycles. The summed E-state index contributed by atoms with van der Waals surface area (Å²) in [5, 5.41) is 11.3. The minimum Gasteiger partial charge on any atom is -0.369 e. The Morgan fingerprint density at radius 2 is 2.25 bits per heavy atom. The van der Waals surface area contributed by atoms with E-state index in [1.807, 2.05) is 13.8 Å². The summed E-state index contributed by atoms with van der Waals surface area (Å²) >= 11 is 1.38. The second kappa shape index (κ2) is 4.93. The number of hydrogen-bond acceptors (Lipinski definition) is 6. The van der Waals surface area contributed by atoms with E-state index in [9.17, 15) is 0 Å². The van der Waals surface area contributed by atoms with E-state index >= 15 is 0 Å². The van der Waals surface area contributed by atoms with Crippen LogP contribution in [0.5, 0.6) is 0 Å². The maximum atomic E-state index is 4.36. The van der Waals surface area contributed by atoms with Crippen LogP contribution in [0.3, 0.4) is 0 Å². The largest absolute Gasteiger partial charge is 0.369 e. The first kappa shape index (κ1) is 10.9. The van der Waals surface area contributed by atoms with Crippen molar-refractivity contribution in [2.45, 2.75) is 24.0 Å². The van der Waals surface area contributed by atoms with Gasteiger partial charge >= 0.3 is 0 Å². The molecule has 2 heterocycles. The maximum Gasteiger partial charge on any atom is 0.214 e. The lowest BCUT2D eigenvalue weighted by molar-refractivity contribution is 0.959. The lowest BCUT2D eigenvalue weighted by atomic mass is 10.6. The molecule has 2 rings (SSSR count). The van der Waals surface area contributed by atoms with Crippen LogP contribution in [-0.4, -0.2) is 31.7 Å². The zero-order valence-electron chi connectivity index (χ0n) is 9.06. The number of aryl methyl sites for hydroxylation is 1. The predicted octanol–water partition coefficient (Wildman–Crippen LogP) is 1.49. The molecule has 0 unspecified atom stereocenters. The molecular formula is C9H12N6S. The van der Waals surface area contributed by atoms with Crippen molar-refractivity contribution in [2.24, 2.45) is 0 Å².